The Bertz CT molecular complexity index is 1370. The van der Waals surface area contributed by atoms with Gasteiger partial charge in [0.25, 0.3) is 10.0 Å². The van der Waals surface area contributed by atoms with Crippen molar-refractivity contribution in [1.82, 2.24) is 10.2 Å². The number of amides is 2. The molecule has 0 aliphatic carbocycles. The van der Waals surface area contributed by atoms with Crippen molar-refractivity contribution >= 4 is 66.7 Å². The van der Waals surface area contributed by atoms with Crippen LogP contribution in [-0.4, -0.2) is 44.3 Å². The zero-order valence-corrected chi connectivity index (χ0v) is 24.8. The minimum atomic E-state index is -4.19. The number of halogens is 3. The maximum atomic E-state index is 13.8. The molecule has 3 aromatic carbocycles. The van der Waals surface area contributed by atoms with E-state index in [1.165, 1.54) is 35.2 Å². The van der Waals surface area contributed by atoms with E-state index in [0.717, 1.165) is 20.8 Å². The third-order valence-corrected chi connectivity index (χ3v) is 8.56. The van der Waals surface area contributed by atoms with Gasteiger partial charge in [0.1, 0.15) is 12.6 Å². The quantitative estimate of drug-likeness (QED) is 0.283. The molecule has 3 aromatic rings. The molecule has 0 aliphatic rings. The van der Waals surface area contributed by atoms with Gasteiger partial charge in [0.2, 0.25) is 11.8 Å². The number of hydrogen-bond acceptors (Lipinski definition) is 4. The number of nitrogens with one attached hydrogen (secondary N) is 1. The highest BCUT2D eigenvalue weighted by molar-refractivity contribution is 9.10. The number of hydrogen-bond donors (Lipinski definition) is 1. The van der Waals surface area contributed by atoms with Crippen LogP contribution in [0.4, 0.5) is 5.69 Å². The molecule has 0 saturated carbocycles. The van der Waals surface area contributed by atoms with Crippen molar-refractivity contribution in [2.75, 3.05) is 17.4 Å². The molecule has 0 saturated heterocycles. The molecule has 0 heterocycles. The van der Waals surface area contributed by atoms with Crippen molar-refractivity contribution in [1.29, 1.82) is 0 Å². The lowest BCUT2D eigenvalue weighted by molar-refractivity contribution is -0.139. The fourth-order valence-corrected chi connectivity index (χ4v) is 5.64. The summed E-state index contributed by atoms with van der Waals surface area (Å²) in [4.78, 5) is 28.0. The van der Waals surface area contributed by atoms with Gasteiger partial charge in [-0.15, -0.1) is 0 Å². The second-order valence-electron chi connectivity index (χ2n) is 8.56. The van der Waals surface area contributed by atoms with Crippen LogP contribution < -0.4 is 9.62 Å². The lowest BCUT2D eigenvalue weighted by atomic mass is 10.1. The number of rotatable bonds is 11. The zero-order valence-electron chi connectivity index (χ0n) is 20.9. The molecule has 38 heavy (non-hydrogen) atoms. The Morgan fingerprint density at radius 3 is 2.24 bits per heavy atom. The summed E-state index contributed by atoms with van der Waals surface area (Å²) in [5.74, 6) is -0.878. The highest BCUT2D eigenvalue weighted by Gasteiger charge is 2.32. The molecule has 202 valence electrons. The van der Waals surface area contributed by atoms with E-state index in [9.17, 15) is 18.0 Å². The van der Waals surface area contributed by atoms with Gasteiger partial charge in [-0.3, -0.25) is 13.9 Å². The Balaban J connectivity index is 2.01. The summed E-state index contributed by atoms with van der Waals surface area (Å²) in [7, 11) is -4.19. The topological polar surface area (TPSA) is 86.8 Å². The predicted octanol–water partition coefficient (Wildman–Crippen LogP) is 5.89. The van der Waals surface area contributed by atoms with Crippen LogP contribution >= 0.6 is 39.1 Å². The minimum Gasteiger partial charge on any atom is -0.354 e. The number of anilines is 1. The number of nitrogens with zero attached hydrogens (tertiary/aromatic N) is 2. The van der Waals surface area contributed by atoms with Gasteiger partial charge in [-0.1, -0.05) is 64.3 Å². The van der Waals surface area contributed by atoms with Crippen LogP contribution in [0.5, 0.6) is 0 Å². The average Bonchev–Trinajstić information content (AvgIpc) is 2.89. The van der Waals surface area contributed by atoms with Gasteiger partial charge in [-0.2, -0.15) is 0 Å². The molecular formula is C27H28BrCl2N3O4S. The van der Waals surface area contributed by atoms with Crippen molar-refractivity contribution < 1.29 is 18.0 Å². The van der Waals surface area contributed by atoms with Gasteiger partial charge in [-0.05, 0) is 73.5 Å². The van der Waals surface area contributed by atoms with Crippen LogP contribution in [-0.2, 0) is 26.2 Å². The van der Waals surface area contributed by atoms with Crippen LogP contribution in [0.25, 0.3) is 0 Å². The van der Waals surface area contributed by atoms with E-state index in [2.05, 4.69) is 21.2 Å². The third kappa shape index (κ3) is 7.72. The summed E-state index contributed by atoms with van der Waals surface area (Å²) in [6.45, 7) is 3.58. The summed E-state index contributed by atoms with van der Waals surface area (Å²) in [6, 6.07) is 18.4. The van der Waals surface area contributed by atoms with Crippen molar-refractivity contribution in [2.24, 2.45) is 0 Å². The smallest absolute Gasteiger partial charge is 0.264 e. The average molecular weight is 641 g/mol. The van der Waals surface area contributed by atoms with Gasteiger partial charge < -0.3 is 10.2 Å². The number of sulfonamides is 1. The largest absolute Gasteiger partial charge is 0.354 e. The molecule has 0 fully saturated rings. The number of carbonyl (C=O) groups excluding carboxylic acids is 2. The maximum absolute atomic E-state index is 13.8. The van der Waals surface area contributed by atoms with E-state index in [1.54, 1.807) is 25.1 Å². The Hall–Kier alpha value is -2.59. The molecule has 2 amide bonds. The van der Waals surface area contributed by atoms with E-state index >= 15 is 0 Å². The molecule has 0 aromatic heterocycles. The van der Waals surface area contributed by atoms with Gasteiger partial charge in [0, 0.05) is 27.6 Å². The molecule has 0 radical (unpaired) electrons. The van der Waals surface area contributed by atoms with Crippen LogP contribution in [0.2, 0.25) is 10.0 Å². The molecule has 1 N–H and O–H groups in total. The van der Waals surface area contributed by atoms with Crippen LogP contribution in [0.3, 0.4) is 0 Å². The molecule has 11 heteroatoms. The first-order valence-corrected chi connectivity index (χ1v) is 14.9. The van der Waals surface area contributed by atoms with Crippen LogP contribution in [0, 0.1) is 0 Å². The second-order valence-corrected chi connectivity index (χ2v) is 12.2. The highest BCUT2D eigenvalue weighted by atomic mass is 79.9. The molecule has 7 nitrogen and oxygen atoms in total. The normalized spacial score (nSPS) is 12.0. The Labute approximate surface area is 241 Å². The molecule has 0 aliphatic heterocycles. The fraction of sp³-hybridized carbons (Fsp3) is 0.259. The van der Waals surface area contributed by atoms with Gasteiger partial charge in [0.15, 0.2) is 0 Å². The fourth-order valence-electron chi connectivity index (χ4n) is 3.66. The number of benzene rings is 3. The Morgan fingerprint density at radius 1 is 0.974 bits per heavy atom. The first-order chi connectivity index (χ1) is 18.0. The maximum Gasteiger partial charge on any atom is 0.264 e. The summed E-state index contributed by atoms with van der Waals surface area (Å²) < 4.78 is 29.3. The van der Waals surface area contributed by atoms with Gasteiger partial charge >= 0.3 is 0 Å². The van der Waals surface area contributed by atoms with Crippen LogP contribution in [0.1, 0.15) is 25.8 Å². The molecule has 1 atom stereocenters. The molecule has 0 spiro atoms. The Morgan fingerprint density at radius 2 is 1.63 bits per heavy atom. The van der Waals surface area contributed by atoms with E-state index in [-0.39, 0.29) is 23.0 Å². The molecule has 3 rings (SSSR count). The second kappa shape index (κ2) is 13.5. The standard InChI is InChI=1S/C27H28BrCl2N3O4S/c1-3-15-31-27(35)19(2)32(17-20-7-9-21(28)10-8-20)26(34)18-33(24-6-4-5-23(30)16-24)38(36,37)25-13-11-22(29)12-14-25/h4-14,16,19H,3,15,17-18H2,1-2H3,(H,31,35)/t19-/m1/s1. The highest BCUT2D eigenvalue weighted by Crippen LogP contribution is 2.27. The van der Waals surface area contributed by atoms with E-state index < -0.39 is 28.5 Å². The predicted molar refractivity (Wildman–Crippen MR) is 155 cm³/mol. The summed E-state index contributed by atoms with van der Waals surface area (Å²) in [5.41, 5.74) is 0.999. The summed E-state index contributed by atoms with van der Waals surface area (Å²) in [5, 5.41) is 3.50. The van der Waals surface area contributed by atoms with Gasteiger partial charge in [0.05, 0.1) is 10.6 Å². The minimum absolute atomic E-state index is 0.0390. The van der Waals surface area contributed by atoms with Crippen molar-refractivity contribution in [3.8, 4) is 0 Å². The zero-order chi connectivity index (χ0) is 27.9. The van der Waals surface area contributed by atoms with Crippen molar-refractivity contribution in [2.45, 2.75) is 37.8 Å². The first-order valence-electron chi connectivity index (χ1n) is 11.9. The van der Waals surface area contributed by atoms with E-state index in [1.807, 2.05) is 31.2 Å². The summed E-state index contributed by atoms with van der Waals surface area (Å²) in [6.07, 6.45) is 0.737. The molecule has 0 unspecified atom stereocenters. The molecule has 0 bridgehead atoms. The summed E-state index contributed by atoms with van der Waals surface area (Å²) >= 11 is 15.5. The lowest BCUT2D eigenvalue weighted by Gasteiger charge is -2.32. The Kier molecular flexibility index (Phi) is 10.6. The van der Waals surface area contributed by atoms with Crippen molar-refractivity contribution in [3.63, 3.8) is 0 Å². The van der Waals surface area contributed by atoms with E-state index in [4.69, 9.17) is 23.2 Å². The third-order valence-electron chi connectivity index (χ3n) is 5.76. The lowest BCUT2D eigenvalue weighted by Crippen LogP contribution is -2.51. The number of carbonyl (C=O) groups is 2. The SMILES string of the molecule is CCCNC(=O)[C@@H](C)N(Cc1ccc(Br)cc1)C(=O)CN(c1cccc(Cl)c1)S(=O)(=O)c1ccc(Cl)cc1. The monoisotopic (exact) mass is 639 g/mol. The first kappa shape index (κ1) is 30.0. The van der Waals surface area contributed by atoms with Gasteiger partial charge in [-0.25, -0.2) is 8.42 Å². The van der Waals surface area contributed by atoms with E-state index in [0.29, 0.717) is 16.6 Å². The van der Waals surface area contributed by atoms with Crippen LogP contribution in [0.15, 0.2) is 82.2 Å². The van der Waals surface area contributed by atoms with Crippen molar-refractivity contribution in [3.05, 3.63) is 92.9 Å². The molecular weight excluding hydrogens is 613 g/mol.